The Kier molecular flexibility index (Phi) is 25.8. The van der Waals surface area contributed by atoms with Crippen LogP contribution in [0.4, 0.5) is 18.9 Å². The Hall–Kier alpha value is -0.0556. The number of nitrogens with two attached hydrogens (primary N) is 1. The van der Waals surface area contributed by atoms with Crippen molar-refractivity contribution in [3.63, 3.8) is 0 Å². The van der Waals surface area contributed by atoms with E-state index in [9.17, 15) is 18.0 Å². The number of carboxylic acids is 1. The van der Waals surface area contributed by atoms with Crippen molar-refractivity contribution >= 4 is 72.1 Å². The molecule has 0 aliphatic carbocycles. The number of anilines is 1. The number of aryl methyl sites for hydroxylation is 2. The summed E-state index contributed by atoms with van der Waals surface area (Å²) in [5.74, 6) is -4.13. The maximum Gasteiger partial charge on any atom is 0.356 e. The molecule has 2 aromatic rings. The van der Waals surface area contributed by atoms with Crippen molar-refractivity contribution in [1.82, 2.24) is 9.97 Å². The van der Waals surface area contributed by atoms with Crippen LogP contribution in [0.2, 0.25) is 10.0 Å². The van der Waals surface area contributed by atoms with Crippen molar-refractivity contribution in [1.29, 1.82) is 0 Å². The molecular formula is C17H24Cl2F3I2N3O3V. The number of hydrogen-bond donors (Lipinski definition) is 2. The van der Waals surface area contributed by atoms with Crippen LogP contribution in [0.15, 0.2) is 0 Å². The van der Waals surface area contributed by atoms with Crippen LogP contribution in [0, 0.1) is 31.4 Å². The van der Waals surface area contributed by atoms with Gasteiger partial charge in [-0.2, -0.15) is 4.39 Å². The number of rotatable bonds is 2. The third kappa shape index (κ3) is 11.1. The van der Waals surface area contributed by atoms with Gasteiger partial charge in [-0.05, 0) is 20.3 Å². The zero-order chi connectivity index (χ0) is 21.5. The largest absolute Gasteiger partial charge is 0.476 e. The van der Waals surface area contributed by atoms with Crippen molar-refractivity contribution in [2.24, 2.45) is 0 Å². The fourth-order valence-corrected chi connectivity index (χ4v) is 2.29. The number of nitrogen functional groups attached to an aromatic ring is 1. The van der Waals surface area contributed by atoms with Gasteiger partial charge in [0.15, 0.2) is 17.3 Å². The van der Waals surface area contributed by atoms with Crippen LogP contribution in [0.3, 0.4) is 0 Å². The minimum absolute atomic E-state index is 0. The van der Waals surface area contributed by atoms with Gasteiger partial charge in [-0.25, -0.2) is 23.5 Å². The van der Waals surface area contributed by atoms with E-state index in [1.54, 1.807) is 13.8 Å². The van der Waals surface area contributed by atoms with Crippen LogP contribution in [0.25, 0.3) is 0 Å². The molecule has 0 aliphatic rings. The molecule has 0 aliphatic heterocycles. The van der Waals surface area contributed by atoms with Gasteiger partial charge in [0.25, 0.3) is 0 Å². The molecule has 0 unspecified atom stereocenters. The normalized spacial score (nSPS) is 8.45. The van der Waals surface area contributed by atoms with Gasteiger partial charge in [0.2, 0.25) is 5.95 Å². The second-order valence-electron chi connectivity index (χ2n) is 4.84. The third-order valence-electron chi connectivity index (χ3n) is 3.13. The van der Waals surface area contributed by atoms with E-state index >= 15 is 0 Å². The van der Waals surface area contributed by atoms with Crippen LogP contribution >= 0.6 is 60.4 Å². The summed E-state index contributed by atoms with van der Waals surface area (Å²) in [5, 5.41) is 8.43. The SMILES string of the molecule is C.C.CCc1c(F)c(F)nc(C)c1Cl.Cc1nc(C(=O)O)c(Cl)c(N)c1F.II.O.[V]. The maximum atomic E-state index is 13.0. The number of pyridine rings is 2. The first kappa shape index (κ1) is 41.2. The predicted octanol–water partition coefficient (Wildman–Crippen LogP) is 6.56. The van der Waals surface area contributed by atoms with Crippen LogP contribution in [0.5, 0.6) is 0 Å². The summed E-state index contributed by atoms with van der Waals surface area (Å²) in [4.78, 5) is 17.3. The maximum absolute atomic E-state index is 13.0. The van der Waals surface area contributed by atoms with E-state index in [0.29, 0.717) is 12.1 Å². The molecule has 0 bridgehead atoms. The van der Waals surface area contributed by atoms with E-state index in [0.717, 1.165) is 0 Å². The first-order chi connectivity index (χ1) is 12.5. The molecule has 2 aromatic heterocycles. The summed E-state index contributed by atoms with van der Waals surface area (Å²) in [5.41, 5.74) is 4.83. The molecule has 31 heavy (non-hydrogen) atoms. The Morgan fingerprint density at radius 2 is 1.48 bits per heavy atom. The van der Waals surface area contributed by atoms with Gasteiger partial charge in [0, 0.05) is 61.4 Å². The van der Waals surface area contributed by atoms with Crippen molar-refractivity contribution in [2.75, 3.05) is 5.73 Å². The quantitative estimate of drug-likeness (QED) is 0.266. The van der Waals surface area contributed by atoms with Gasteiger partial charge in [-0.1, -0.05) is 45.0 Å². The number of nitrogens with zero attached hydrogens (tertiary/aromatic N) is 2. The molecule has 5 N–H and O–H groups in total. The molecule has 0 atom stereocenters. The molecule has 179 valence electrons. The third-order valence-corrected chi connectivity index (χ3v) is 4.01. The molecule has 6 nitrogen and oxygen atoms in total. The Balaban J connectivity index is -0.000000120. The number of aromatic carboxylic acids is 1. The van der Waals surface area contributed by atoms with Gasteiger partial charge in [-0.3, -0.25) is 0 Å². The summed E-state index contributed by atoms with van der Waals surface area (Å²) in [6.45, 7) is 4.57. The van der Waals surface area contributed by atoms with Crippen LogP contribution in [-0.4, -0.2) is 26.5 Å². The van der Waals surface area contributed by atoms with Gasteiger partial charge >= 0.3 is 5.97 Å². The minimum atomic E-state index is -1.33. The van der Waals surface area contributed by atoms with Gasteiger partial charge in [-0.15, -0.1) is 0 Å². The Morgan fingerprint density at radius 1 is 1.03 bits per heavy atom. The minimum Gasteiger partial charge on any atom is -0.476 e. The summed E-state index contributed by atoms with van der Waals surface area (Å²) < 4.78 is 38.6. The molecule has 2 rings (SSSR count). The number of halogens is 7. The van der Waals surface area contributed by atoms with E-state index in [4.69, 9.17) is 34.0 Å². The zero-order valence-electron chi connectivity index (χ0n) is 15.1. The predicted molar refractivity (Wildman–Crippen MR) is 134 cm³/mol. The van der Waals surface area contributed by atoms with Crippen molar-refractivity contribution in [3.8, 4) is 0 Å². The monoisotopic (exact) mass is 750 g/mol. The molecule has 0 aromatic carbocycles. The van der Waals surface area contributed by atoms with E-state index in [-0.39, 0.29) is 65.9 Å². The Bertz CT molecular complexity index is 828. The van der Waals surface area contributed by atoms with E-state index in [1.807, 2.05) is 0 Å². The molecule has 0 amide bonds. The zero-order valence-corrected chi connectivity index (χ0v) is 22.4. The van der Waals surface area contributed by atoms with E-state index in [2.05, 4.69) is 47.2 Å². The number of carboxylic acid groups (broad SMARTS) is 1. The van der Waals surface area contributed by atoms with Crippen molar-refractivity contribution in [3.05, 3.63) is 50.3 Å². The average Bonchev–Trinajstić information content (AvgIpc) is 2.64. The summed E-state index contributed by atoms with van der Waals surface area (Å²) in [6.07, 6.45) is 0.366. The molecular weight excluding hydrogens is 727 g/mol. The number of aromatic nitrogens is 2. The van der Waals surface area contributed by atoms with Crippen molar-refractivity contribution < 1.29 is 47.1 Å². The van der Waals surface area contributed by atoms with Gasteiger partial charge < -0.3 is 16.3 Å². The number of hydrogen-bond acceptors (Lipinski definition) is 4. The molecule has 0 saturated carbocycles. The fourth-order valence-electron chi connectivity index (χ4n) is 1.82. The van der Waals surface area contributed by atoms with E-state index in [1.165, 1.54) is 6.92 Å². The summed E-state index contributed by atoms with van der Waals surface area (Å²) in [6, 6.07) is 0. The van der Waals surface area contributed by atoms with Gasteiger partial charge in [0.1, 0.15) is 0 Å². The second-order valence-corrected chi connectivity index (χ2v) is 5.60. The van der Waals surface area contributed by atoms with E-state index < -0.39 is 29.2 Å². The average molecular weight is 751 g/mol. The molecule has 2 heterocycles. The fraction of sp³-hybridized carbons (Fsp3) is 0.353. The molecule has 1 radical (unpaired) electrons. The summed E-state index contributed by atoms with van der Waals surface area (Å²) >= 11 is 15.4. The topological polar surface area (TPSA) is 121 Å². The van der Waals surface area contributed by atoms with Crippen LogP contribution < -0.4 is 5.73 Å². The second kappa shape index (κ2) is 19.4. The standard InChI is InChI=1S/C8H8ClF2N.C7H6ClFN2O2.2CH4.I2.H2O.V/c1-3-5-6(9)4(2)12-8(11)7(5)10;1-2-4(9)5(10)3(8)6(11-2)7(12)13;;;1-2;;/h3H2,1-2H3;1H3,(H2,10,11)(H,12,13);2*1H4;;1H2;. The van der Waals surface area contributed by atoms with Crippen molar-refractivity contribution in [2.45, 2.75) is 42.0 Å². The molecule has 0 saturated heterocycles. The first-order valence-corrected chi connectivity index (χ1v) is 14.1. The number of carbonyl (C=O) groups is 1. The van der Waals surface area contributed by atoms with Gasteiger partial charge in [0.05, 0.1) is 27.1 Å². The summed E-state index contributed by atoms with van der Waals surface area (Å²) in [7, 11) is 0. The Morgan fingerprint density at radius 3 is 1.87 bits per heavy atom. The van der Waals surface area contributed by atoms with Crippen LogP contribution in [0.1, 0.15) is 49.2 Å². The molecule has 14 heteroatoms. The Labute approximate surface area is 225 Å². The molecule has 0 spiro atoms. The first-order valence-electron chi connectivity index (χ1n) is 7.01. The smallest absolute Gasteiger partial charge is 0.356 e. The molecule has 0 fully saturated rings. The van der Waals surface area contributed by atoms with Crippen LogP contribution in [-0.2, 0) is 25.0 Å².